The van der Waals surface area contributed by atoms with E-state index in [1.54, 1.807) is 12.1 Å². The van der Waals surface area contributed by atoms with Crippen LogP contribution in [-0.4, -0.2) is 23.3 Å². The first-order chi connectivity index (χ1) is 8.15. The van der Waals surface area contributed by atoms with Gasteiger partial charge in [-0.3, -0.25) is 0 Å². The minimum absolute atomic E-state index is 0.0856. The lowest BCUT2D eigenvalue weighted by molar-refractivity contribution is 0.0983. The van der Waals surface area contributed by atoms with Crippen molar-refractivity contribution < 1.29 is 14.3 Å². The number of amides is 2. The molecule has 17 heavy (non-hydrogen) atoms. The second-order valence-corrected chi connectivity index (χ2v) is 4.35. The number of halogens is 1. The summed E-state index contributed by atoms with van der Waals surface area (Å²) in [5.74, 6) is -0.477. The molecule has 0 bridgehead atoms. The summed E-state index contributed by atoms with van der Waals surface area (Å²) < 4.78 is 13.3. The monoisotopic (exact) mass is 238 g/mol. The molecular weight excluding hydrogens is 223 g/mol. The fourth-order valence-corrected chi connectivity index (χ4v) is 1.88. The van der Waals surface area contributed by atoms with E-state index >= 15 is 0 Å². The average molecular weight is 238 g/mol. The predicted molar refractivity (Wildman–Crippen MR) is 62.2 cm³/mol. The zero-order valence-corrected chi connectivity index (χ0v) is 9.37. The van der Waals surface area contributed by atoms with Crippen LogP contribution in [0.2, 0.25) is 0 Å². The van der Waals surface area contributed by atoms with Crippen LogP contribution in [0.1, 0.15) is 19.3 Å². The molecule has 0 aliphatic heterocycles. The Kier molecular flexibility index (Phi) is 3.28. The van der Waals surface area contributed by atoms with Crippen LogP contribution in [0.25, 0.3) is 0 Å². The smallest absolute Gasteiger partial charge is 0.319 e. The van der Waals surface area contributed by atoms with E-state index < -0.39 is 17.4 Å². The first kappa shape index (κ1) is 11.9. The van der Waals surface area contributed by atoms with E-state index in [2.05, 4.69) is 10.6 Å². The van der Waals surface area contributed by atoms with Crippen LogP contribution in [0.5, 0.6) is 0 Å². The largest absolute Gasteiger partial charge is 0.394 e. The summed E-state index contributed by atoms with van der Waals surface area (Å²) in [5.41, 5.74) is -0.382. The van der Waals surface area contributed by atoms with Gasteiger partial charge in [0.05, 0.1) is 17.8 Å². The minimum Gasteiger partial charge on any atom is -0.394 e. The van der Waals surface area contributed by atoms with E-state index in [4.69, 9.17) is 0 Å². The summed E-state index contributed by atoms with van der Waals surface area (Å²) in [6.07, 6.45) is 2.50. The maximum Gasteiger partial charge on any atom is 0.319 e. The van der Waals surface area contributed by atoms with Crippen molar-refractivity contribution in [3.05, 3.63) is 30.1 Å². The number of aliphatic hydroxyl groups excluding tert-OH is 1. The number of aliphatic hydroxyl groups is 1. The molecule has 4 nitrogen and oxygen atoms in total. The summed E-state index contributed by atoms with van der Waals surface area (Å²) in [6, 6.07) is 5.48. The Morgan fingerprint density at radius 3 is 2.65 bits per heavy atom. The molecule has 92 valence electrons. The molecule has 0 spiro atoms. The van der Waals surface area contributed by atoms with E-state index in [1.165, 1.54) is 12.1 Å². The van der Waals surface area contributed by atoms with Crippen LogP contribution in [0.4, 0.5) is 14.9 Å². The van der Waals surface area contributed by atoms with Gasteiger partial charge in [-0.15, -0.1) is 0 Å². The van der Waals surface area contributed by atoms with Crippen molar-refractivity contribution in [1.29, 1.82) is 0 Å². The molecule has 5 heteroatoms. The second-order valence-electron chi connectivity index (χ2n) is 4.35. The van der Waals surface area contributed by atoms with Gasteiger partial charge in [0.2, 0.25) is 0 Å². The number of hydrogen-bond donors (Lipinski definition) is 3. The molecule has 1 aromatic carbocycles. The lowest BCUT2D eigenvalue weighted by Gasteiger charge is -2.40. The molecule has 1 aliphatic carbocycles. The zero-order chi connectivity index (χ0) is 12.3. The number of nitrogens with one attached hydrogen (secondary N) is 2. The molecule has 0 saturated heterocycles. The Morgan fingerprint density at radius 1 is 1.41 bits per heavy atom. The highest BCUT2D eigenvalue weighted by atomic mass is 19.1. The Morgan fingerprint density at radius 2 is 2.12 bits per heavy atom. The Bertz CT molecular complexity index is 413. The number of benzene rings is 1. The number of hydrogen-bond acceptors (Lipinski definition) is 2. The highest BCUT2D eigenvalue weighted by molar-refractivity contribution is 5.90. The maximum atomic E-state index is 13.3. The van der Waals surface area contributed by atoms with Crippen LogP contribution < -0.4 is 10.6 Å². The summed E-state index contributed by atoms with van der Waals surface area (Å²) in [6.45, 7) is -0.0856. The van der Waals surface area contributed by atoms with Gasteiger partial charge >= 0.3 is 6.03 Å². The van der Waals surface area contributed by atoms with Gasteiger partial charge < -0.3 is 15.7 Å². The third kappa shape index (κ3) is 2.55. The second kappa shape index (κ2) is 4.71. The normalized spacial score (nSPS) is 17.1. The number of carbonyl (C=O) groups is 1. The van der Waals surface area contributed by atoms with E-state index in [0.717, 1.165) is 19.3 Å². The molecule has 0 heterocycles. The number of carbonyl (C=O) groups excluding carboxylic acids is 1. The number of urea groups is 1. The highest BCUT2D eigenvalue weighted by Gasteiger charge is 2.37. The fraction of sp³-hybridized carbons (Fsp3) is 0.417. The summed E-state index contributed by atoms with van der Waals surface area (Å²) >= 11 is 0. The molecular formula is C12H15FN2O2. The first-order valence-corrected chi connectivity index (χ1v) is 5.60. The molecule has 3 N–H and O–H groups in total. The molecule has 1 aromatic rings. The molecule has 1 saturated carbocycles. The van der Waals surface area contributed by atoms with Crippen molar-refractivity contribution in [2.24, 2.45) is 0 Å². The van der Waals surface area contributed by atoms with Crippen LogP contribution in [0, 0.1) is 5.82 Å². The molecule has 2 rings (SSSR count). The third-order valence-electron chi connectivity index (χ3n) is 3.11. The van der Waals surface area contributed by atoms with E-state index in [9.17, 15) is 14.3 Å². The van der Waals surface area contributed by atoms with Gasteiger partial charge in [0, 0.05) is 0 Å². The van der Waals surface area contributed by atoms with Crippen molar-refractivity contribution in [1.82, 2.24) is 5.32 Å². The number of para-hydroxylation sites is 1. The molecule has 0 radical (unpaired) electrons. The van der Waals surface area contributed by atoms with Crippen molar-refractivity contribution in [3.8, 4) is 0 Å². The van der Waals surface area contributed by atoms with Crippen molar-refractivity contribution >= 4 is 11.7 Å². The van der Waals surface area contributed by atoms with Crippen LogP contribution in [-0.2, 0) is 0 Å². The highest BCUT2D eigenvalue weighted by Crippen LogP contribution is 2.31. The maximum absolute atomic E-state index is 13.3. The minimum atomic E-state index is -0.519. The SMILES string of the molecule is O=C(Nc1ccccc1F)NC1(CO)CCC1. The third-order valence-corrected chi connectivity index (χ3v) is 3.11. The van der Waals surface area contributed by atoms with Gasteiger partial charge in [0.15, 0.2) is 0 Å². The lowest BCUT2D eigenvalue weighted by atomic mass is 9.77. The van der Waals surface area contributed by atoms with Crippen LogP contribution >= 0.6 is 0 Å². The molecule has 0 aromatic heterocycles. The average Bonchev–Trinajstić information content (AvgIpc) is 2.27. The van der Waals surface area contributed by atoms with Crippen molar-refractivity contribution in [3.63, 3.8) is 0 Å². The fourth-order valence-electron chi connectivity index (χ4n) is 1.88. The van der Waals surface area contributed by atoms with Crippen LogP contribution in [0.15, 0.2) is 24.3 Å². The van der Waals surface area contributed by atoms with Crippen LogP contribution in [0.3, 0.4) is 0 Å². The molecule has 1 aliphatic rings. The lowest BCUT2D eigenvalue weighted by Crippen LogP contribution is -2.57. The zero-order valence-electron chi connectivity index (χ0n) is 9.37. The van der Waals surface area contributed by atoms with Gasteiger partial charge in [0.25, 0.3) is 0 Å². The van der Waals surface area contributed by atoms with Gasteiger partial charge in [-0.1, -0.05) is 12.1 Å². The van der Waals surface area contributed by atoms with Gasteiger partial charge in [-0.25, -0.2) is 9.18 Å². The Labute approximate surface area is 98.8 Å². The first-order valence-electron chi connectivity index (χ1n) is 5.60. The number of rotatable bonds is 3. The number of anilines is 1. The molecule has 1 fully saturated rings. The quantitative estimate of drug-likeness (QED) is 0.752. The summed E-state index contributed by atoms with van der Waals surface area (Å²) in [7, 11) is 0. The Balaban J connectivity index is 1.96. The summed E-state index contributed by atoms with van der Waals surface area (Å²) in [4.78, 5) is 11.6. The standard InChI is InChI=1S/C12H15FN2O2/c13-9-4-1-2-5-10(9)14-11(17)15-12(8-16)6-3-7-12/h1-2,4-5,16H,3,6-8H2,(H2,14,15,17). The van der Waals surface area contributed by atoms with Gasteiger partial charge in [0.1, 0.15) is 5.82 Å². The van der Waals surface area contributed by atoms with Crippen molar-refractivity contribution in [2.45, 2.75) is 24.8 Å². The van der Waals surface area contributed by atoms with E-state index in [0.29, 0.717) is 0 Å². The topological polar surface area (TPSA) is 61.4 Å². The van der Waals surface area contributed by atoms with Gasteiger partial charge in [-0.2, -0.15) is 0 Å². The molecule has 0 unspecified atom stereocenters. The predicted octanol–water partition coefficient (Wildman–Crippen LogP) is 1.86. The van der Waals surface area contributed by atoms with Crippen molar-refractivity contribution in [2.75, 3.05) is 11.9 Å². The molecule has 0 atom stereocenters. The molecule has 2 amide bonds. The van der Waals surface area contributed by atoms with E-state index in [1.807, 2.05) is 0 Å². The van der Waals surface area contributed by atoms with E-state index in [-0.39, 0.29) is 12.3 Å². The van der Waals surface area contributed by atoms with Gasteiger partial charge in [-0.05, 0) is 31.4 Å². The Hall–Kier alpha value is -1.62. The summed E-state index contributed by atoms with van der Waals surface area (Å²) in [5, 5.41) is 14.3.